The fourth-order valence-corrected chi connectivity index (χ4v) is 3.51. The summed E-state index contributed by atoms with van der Waals surface area (Å²) in [5, 5.41) is 4.47. The number of nitrogens with one attached hydrogen (secondary N) is 1. The number of nitrogens with zero attached hydrogens (tertiary/aromatic N) is 4. The molecule has 0 aliphatic carbocycles. The molecule has 2 atom stereocenters. The van der Waals surface area contributed by atoms with Gasteiger partial charge in [0.15, 0.2) is 5.65 Å². The number of carbonyl (C=O) groups is 1. The van der Waals surface area contributed by atoms with Crippen LogP contribution < -0.4 is 5.56 Å². The number of aromatic nitrogens is 4. The van der Waals surface area contributed by atoms with Crippen LogP contribution in [0.1, 0.15) is 45.0 Å². The topological polar surface area (TPSA) is 83.9 Å². The van der Waals surface area contributed by atoms with E-state index >= 15 is 0 Å². The maximum atomic E-state index is 13.1. The Balaban J connectivity index is 1.95. The van der Waals surface area contributed by atoms with Crippen molar-refractivity contribution in [3.05, 3.63) is 22.4 Å². The summed E-state index contributed by atoms with van der Waals surface area (Å²) < 4.78 is 40.8. The van der Waals surface area contributed by atoms with E-state index in [4.69, 9.17) is 0 Å². The SMILES string of the molecule is CCC(Cc1nc2c(cnn2C2CCCN(C(C)=O)C2)c(=O)[nH]1)C(F)(F)F. The monoisotopic (exact) mass is 385 g/mol. The second kappa shape index (κ2) is 7.32. The molecule has 10 heteroatoms. The van der Waals surface area contributed by atoms with E-state index in [-0.39, 0.29) is 41.6 Å². The number of aromatic amines is 1. The van der Waals surface area contributed by atoms with Crippen LogP contribution in [0.2, 0.25) is 0 Å². The summed E-state index contributed by atoms with van der Waals surface area (Å²) in [5.41, 5.74) is -0.237. The average molecular weight is 385 g/mol. The van der Waals surface area contributed by atoms with Crippen molar-refractivity contribution in [3.8, 4) is 0 Å². The Labute approximate surface area is 153 Å². The number of hydrogen-bond donors (Lipinski definition) is 1. The van der Waals surface area contributed by atoms with Crippen LogP contribution in [0.3, 0.4) is 0 Å². The molecule has 0 spiro atoms. The summed E-state index contributed by atoms with van der Waals surface area (Å²) in [4.78, 5) is 32.4. The molecular weight excluding hydrogens is 363 g/mol. The number of halogens is 3. The summed E-state index contributed by atoms with van der Waals surface area (Å²) in [6, 6.07) is -0.160. The van der Waals surface area contributed by atoms with Gasteiger partial charge in [-0.15, -0.1) is 0 Å². The fraction of sp³-hybridized carbons (Fsp3) is 0.647. The first-order chi connectivity index (χ1) is 12.7. The molecule has 1 fully saturated rings. The highest BCUT2D eigenvalue weighted by Gasteiger charge is 2.38. The van der Waals surface area contributed by atoms with E-state index in [0.29, 0.717) is 13.1 Å². The minimum Gasteiger partial charge on any atom is -0.341 e. The van der Waals surface area contributed by atoms with Crippen LogP contribution in [-0.4, -0.2) is 49.8 Å². The molecule has 0 aromatic carbocycles. The predicted octanol–water partition coefficient (Wildman–Crippen LogP) is 2.43. The van der Waals surface area contributed by atoms with Crippen LogP contribution in [0.15, 0.2) is 11.0 Å². The first-order valence-electron chi connectivity index (χ1n) is 8.99. The van der Waals surface area contributed by atoms with E-state index in [9.17, 15) is 22.8 Å². The predicted molar refractivity (Wildman–Crippen MR) is 92.2 cm³/mol. The minimum absolute atomic E-state index is 0.00217. The highest BCUT2D eigenvalue weighted by molar-refractivity contribution is 5.74. The number of amides is 1. The number of carbonyl (C=O) groups excluding carboxylic acids is 1. The second-order valence-electron chi connectivity index (χ2n) is 6.95. The number of likely N-dealkylation sites (tertiary alicyclic amines) is 1. The zero-order chi connectivity index (χ0) is 19.8. The third-order valence-electron chi connectivity index (χ3n) is 5.10. The number of hydrogen-bond acceptors (Lipinski definition) is 4. The minimum atomic E-state index is -4.35. The summed E-state index contributed by atoms with van der Waals surface area (Å²) >= 11 is 0. The smallest absolute Gasteiger partial charge is 0.341 e. The number of rotatable bonds is 4. The Morgan fingerprint density at radius 2 is 2.19 bits per heavy atom. The molecule has 2 aromatic heterocycles. The van der Waals surface area contributed by atoms with E-state index in [1.807, 2.05) is 0 Å². The van der Waals surface area contributed by atoms with Crippen molar-refractivity contribution in [2.24, 2.45) is 5.92 Å². The van der Waals surface area contributed by atoms with Crippen molar-refractivity contribution < 1.29 is 18.0 Å². The highest BCUT2D eigenvalue weighted by Crippen LogP contribution is 2.31. The van der Waals surface area contributed by atoms with Gasteiger partial charge in [-0.05, 0) is 19.3 Å². The van der Waals surface area contributed by atoms with Gasteiger partial charge in [0.25, 0.3) is 5.56 Å². The lowest BCUT2D eigenvalue weighted by atomic mass is 10.0. The zero-order valence-electron chi connectivity index (χ0n) is 15.2. The van der Waals surface area contributed by atoms with Crippen molar-refractivity contribution in [2.75, 3.05) is 13.1 Å². The Morgan fingerprint density at radius 1 is 1.44 bits per heavy atom. The number of H-pyrrole nitrogens is 1. The Kier molecular flexibility index (Phi) is 5.25. The van der Waals surface area contributed by atoms with Crippen LogP contribution in [0, 0.1) is 5.92 Å². The van der Waals surface area contributed by atoms with Gasteiger partial charge < -0.3 is 9.88 Å². The molecular formula is C17H22F3N5O2. The van der Waals surface area contributed by atoms with Crippen LogP contribution in [0.25, 0.3) is 11.0 Å². The van der Waals surface area contributed by atoms with E-state index in [0.717, 1.165) is 12.8 Å². The van der Waals surface area contributed by atoms with Gasteiger partial charge in [0.2, 0.25) is 5.91 Å². The normalized spacial score (nSPS) is 19.4. The maximum absolute atomic E-state index is 13.1. The maximum Gasteiger partial charge on any atom is 0.392 e. The zero-order valence-corrected chi connectivity index (χ0v) is 15.2. The van der Waals surface area contributed by atoms with Crippen molar-refractivity contribution in [1.82, 2.24) is 24.6 Å². The molecule has 1 aliphatic heterocycles. The molecule has 3 heterocycles. The largest absolute Gasteiger partial charge is 0.392 e. The third kappa shape index (κ3) is 3.98. The third-order valence-corrected chi connectivity index (χ3v) is 5.10. The molecule has 1 N–H and O–H groups in total. The van der Waals surface area contributed by atoms with Crippen LogP contribution in [0.4, 0.5) is 13.2 Å². The lowest BCUT2D eigenvalue weighted by Crippen LogP contribution is -2.39. The molecule has 1 amide bonds. The molecule has 2 aromatic rings. The molecule has 0 bridgehead atoms. The average Bonchev–Trinajstić information content (AvgIpc) is 3.03. The standard InChI is InChI=1S/C17H22F3N5O2/c1-3-11(17(18,19)20)7-14-22-15-13(16(27)23-14)8-21-25(15)12-5-4-6-24(9-12)10(2)26/h8,11-12H,3-7,9H2,1-2H3,(H,22,23,27). The van der Waals surface area contributed by atoms with Gasteiger partial charge in [-0.1, -0.05) is 6.92 Å². The molecule has 3 rings (SSSR count). The Morgan fingerprint density at radius 3 is 2.81 bits per heavy atom. The summed E-state index contributed by atoms with van der Waals surface area (Å²) in [6.07, 6.45) is -1.92. The number of fused-ring (bicyclic) bond motifs is 1. The van der Waals surface area contributed by atoms with Gasteiger partial charge in [-0.25, -0.2) is 9.67 Å². The van der Waals surface area contributed by atoms with Crippen molar-refractivity contribution in [3.63, 3.8) is 0 Å². The number of piperidine rings is 1. The van der Waals surface area contributed by atoms with Crippen molar-refractivity contribution in [1.29, 1.82) is 0 Å². The Bertz CT molecular complexity index is 889. The van der Waals surface area contributed by atoms with Crippen LogP contribution in [-0.2, 0) is 11.2 Å². The second-order valence-corrected chi connectivity index (χ2v) is 6.95. The van der Waals surface area contributed by atoms with Gasteiger partial charge in [0.05, 0.1) is 18.2 Å². The molecule has 7 nitrogen and oxygen atoms in total. The molecule has 27 heavy (non-hydrogen) atoms. The lowest BCUT2D eigenvalue weighted by Gasteiger charge is -2.32. The summed E-state index contributed by atoms with van der Waals surface area (Å²) in [6.45, 7) is 4.05. The van der Waals surface area contributed by atoms with Gasteiger partial charge in [-0.2, -0.15) is 18.3 Å². The molecule has 0 radical (unpaired) electrons. The molecule has 0 saturated carbocycles. The van der Waals surface area contributed by atoms with Crippen LogP contribution >= 0.6 is 0 Å². The summed E-state index contributed by atoms with van der Waals surface area (Å²) in [7, 11) is 0. The quantitative estimate of drug-likeness (QED) is 0.876. The van der Waals surface area contributed by atoms with E-state index < -0.39 is 17.7 Å². The number of alkyl halides is 3. The van der Waals surface area contributed by atoms with Crippen molar-refractivity contribution >= 4 is 16.9 Å². The molecule has 2 unspecified atom stereocenters. The molecule has 1 aliphatic rings. The summed E-state index contributed by atoms with van der Waals surface area (Å²) in [5.74, 6) is -1.62. The highest BCUT2D eigenvalue weighted by atomic mass is 19.4. The van der Waals surface area contributed by atoms with Gasteiger partial charge >= 0.3 is 6.18 Å². The van der Waals surface area contributed by atoms with E-state index in [1.54, 1.807) is 9.58 Å². The van der Waals surface area contributed by atoms with E-state index in [1.165, 1.54) is 20.0 Å². The molecule has 1 saturated heterocycles. The van der Waals surface area contributed by atoms with Crippen molar-refractivity contribution in [2.45, 2.75) is 51.7 Å². The first-order valence-corrected chi connectivity index (χ1v) is 8.99. The fourth-order valence-electron chi connectivity index (χ4n) is 3.51. The Hall–Kier alpha value is -2.39. The van der Waals surface area contributed by atoms with Gasteiger partial charge in [0.1, 0.15) is 11.2 Å². The van der Waals surface area contributed by atoms with Gasteiger partial charge in [-0.3, -0.25) is 9.59 Å². The molecule has 148 valence electrons. The van der Waals surface area contributed by atoms with E-state index in [2.05, 4.69) is 15.1 Å². The van der Waals surface area contributed by atoms with Crippen LogP contribution in [0.5, 0.6) is 0 Å². The first kappa shape index (κ1) is 19.4. The lowest BCUT2D eigenvalue weighted by molar-refractivity contribution is -0.175. The van der Waals surface area contributed by atoms with Gasteiger partial charge in [0, 0.05) is 26.4 Å².